The summed E-state index contributed by atoms with van der Waals surface area (Å²) in [6.07, 6.45) is 1.55. The number of rotatable bonds is 7. The normalized spacial score (nSPS) is 11.6. The number of aromatic nitrogens is 1. The van der Waals surface area contributed by atoms with Gasteiger partial charge in [0.2, 0.25) is 10.0 Å². The molecule has 0 aliphatic carbocycles. The lowest BCUT2D eigenvalue weighted by molar-refractivity contribution is -0.123. The van der Waals surface area contributed by atoms with Crippen LogP contribution in [-0.2, 0) is 14.8 Å². The zero-order chi connectivity index (χ0) is 22.6. The number of carbonyl (C=O) groups excluding carboxylic acids is 1. The second-order valence-corrected chi connectivity index (χ2v) is 9.21. The van der Waals surface area contributed by atoms with Crippen molar-refractivity contribution in [3.63, 3.8) is 0 Å². The number of hydrogen-bond donors (Lipinski definition) is 2. The molecule has 0 saturated carbocycles. The maximum atomic E-state index is 11.9. The summed E-state index contributed by atoms with van der Waals surface area (Å²) in [5.74, 6) is 0.200. The van der Waals surface area contributed by atoms with E-state index in [0.29, 0.717) is 5.75 Å². The second-order valence-electron chi connectivity index (χ2n) is 6.74. The van der Waals surface area contributed by atoms with Gasteiger partial charge in [0.15, 0.2) is 6.61 Å². The van der Waals surface area contributed by atoms with Crippen molar-refractivity contribution in [1.82, 2.24) is 9.99 Å². The summed E-state index contributed by atoms with van der Waals surface area (Å²) in [5.41, 5.74) is 5.84. The summed E-state index contributed by atoms with van der Waals surface area (Å²) < 4.78 is 31.2. The molecule has 1 amide bonds. The third-order valence-electron chi connectivity index (χ3n) is 4.47. The van der Waals surface area contributed by atoms with Crippen LogP contribution in [0.25, 0.3) is 5.69 Å². The zero-order valence-electron chi connectivity index (χ0n) is 16.9. The van der Waals surface area contributed by atoms with Crippen molar-refractivity contribution in [2.45, 2.75) is 18.7 Å². The summed E-state index contributed by atoms with van der Waals surface area (Å²) in [7, 11) is -3.74. The fourth-order valence-electron chi connectivity index (χ4n) is 2.99. The predicted octanol–water partition coefficient (Wildman–Crippen LogP) is 3.03. The number of halogens is 1. The van der Waals surface area contributed by atoms with Gasteiger partial charge in [0, 0.05) is 27.1 Å². The fourth-order valence-corrected chi connectivity index (χ4v) is 3.77. The van der Waals surface area contributed by atoms with Gasteiger partial charge in [-0.05, 0) is 68.4 Å². The van der Waals surface area contributed by atoms with Crippen molar-refractivity contribution in [1.29, 1.82) is 0 Å². The SMILES string of the molecule is Cc1cc(/C=N\NC(=O)COc2ccc(Br)cc2)c(C)n1-c1ccc(S(N)(=O)=O)cc1. The number of aryl methyl sites for hydroxylation is 1. The molecule has 3 aromatic rings. The van der Waals surface area contributed by atoms with Gasteiger partial charge in [0.25, 0.3) is 5.91 Å². The van der Waals surface area contributed by atoms with E-state index in [9.17, 15) is 13.2 Å². The maximum absolute atomic E-state index is 11.9. The third-order valence-corrected chi connectivity index (χ3v) is 5.93. The molecule has 3 N–H and O–H groups in total. The van der Waals surface area contributed by atoms with Crippen LogP contribution in [0.5, 0.6) is 5.75 Å². The molecule has 31 heavy (non-hydrogen) atoms. The smallest absolute Gasteiger partial charge is 0.277 e. The minimum absolute atomic E-state index is 0.0496. The lowest BCUT2D eigenvalue weighted by atomic mass is 10.2. The topological polar surface area (TPSA) is 116 Å². The van der Waals surface area contributed by atoms with Gasteiger partial charge >= 0.3 is 0 Å². The van der Waals surface area contributed by atoms with Crippen LogP contribution >= 0.6 is 15.9 Å². The summed E-state index contributed by atoms with van der Waals surface area (Å²) >= 11 is 3.34. The van der Waals surface area contributed by atoms with Crippen LogP contribution in [0.4, 0.5) is 0 Å². The first-order chi connectivity index (χ1) is 14.6. The van der Waals surface area contributed by atoms with E-state index in [1.54, 1.807) is 30.5 Å². The van der Waals surface area contributed by atoms with Gasteiger partial charge in [-0.15, -0.1) is 0 Å². The van der Waals surface area contributed by atoms with E-state index in [0.717, 1.165) is 27.1 Å². The second kappa shape index (κ2) is 9.46. The van der Waals surface area contributed by atoms with Crippen molar-refractivity contribution in [3.8, 4) is 11.4 Å². The molecule has 0 unspecified atom stereocenters. The lowest BCUT2D eigenvalue weighted by Crippen LogP contribution is -2.24. The van der Waals surface area contributed by atoms with E-state index in [2.05, 4.69) is 26.5 Å². The van der Waals surface area contributed by atoms with E-state index in [1.807, 2.05) is 36.6 Å². The fraction of sp³-hybridized carbons (Fsp3) is 0.143. The Balaban J connectivity index is 1.65. The number of nitrogens with one attached hydrogen (secondary N) is 1. The molecule has 8 nitrogen and oxygen atoms in total. The highest BCUT2D eigenvalue weighted by atomic mass is 79.9. The quantitative estimate of drug-likeness (QED) is 0.379. The van der Waals surface area contributed by atoms with Crippen LogP contribution in [0.2, 0.25) is 0 Å². The summed E-state index contributed by atoms with van der Waals surface area (Å²) in [5, 5.41) is 9.15. The number of carbonyl (C=O) groups is 1. The minimum atomic E-state index is -3.74. The first-order valence-electron chi connectivity index (χ1n) is 9.17. The molecule has 1 aromatic heterocycles. The zero-order valence-corrected chi connectivity index (χ0v) is 19.3. The molecule has 162 valence electrons. The molecule has 0 atom stereocenters. The van der Waals surface area contributed by atoms with Crippen LogP contribution in [-0.4, -0.2) is 31.7 Å². The summed E-state index contributed by atoms with van der Waals surface area (Å²) in [6, 6.07) is 15.4. The Kier molecular flexibility index (Phi) is 6.94. The van der Waals surface area contributed by atoms with Crippen LogP contribution in [0.3, 0.4) is 0 Å². The molecular weight excluding hydrogens is 484 g/mol. The summed E-state index contributed by atoms with van der Waals surface area (Å²) in [6.45, 7) is 3.66. The highest BCUT2D eigenvalue weighted by Crippen LogP contribution is 2.21. The van der Waals surface area contributed by atoms with Crippen molar-refractivity contribution >= 4 is 38.1 Å². The van der Waals surface area contributed by atoms with Crippen molar-refractivity contribution in [2.24, 2.45) is 10.2 Å². The average molecular weight is 505 g/mol. The Morgan fingerprint density at radius 2 is 1.81 bits per heavy atom. The highest BCUT2D eigenvalue weighted by Gasteiger charge is 2.12. The molecule has 0 spiro atoms. The van der Waals surface area contributed by atoms with Crippen molar-refractivity contribution in [3.05, 3.63) is 76.0 Å². The molecular formula is C21H21BrN4O4S. The number of sulfonamides is 1. The van der Waals surface area contributed by atoms with Crippen LogP contribution in [0, 0.1) is 13.8 Å². The van der Waals surface area contributed by atoms with E-state index in [-0.39, 0.29) is 17.4 Å². The molecule has 2 aromatic carbocycles. The highest BCUT2D eigenvalue weighted by molar-refractivity contribution is 9.10. The van der Waals surface area contributed by atoms with E-state index >= 15 is 0 Å². The molecule has 0 saturated heterocycles. The molecule has 0 radical (unpaired) electrons. The standard InChI is InChI=1S/C21H21BrN4O4S/c1-14-11-16(12-24-25-21(27)13-30-19-7-3-17(22)4-8-19)15(2)26(14)18-5-9-20(10-6-18)31(23,28)29/h3-12H,13H2,1-2H3,(H,25,27)(H2,23,28,29)/b24-12-. The number of nitrogens with two attached hydrogens (primary N) is 1. The first-order valence-corrected chi connectivity index (χ1v) is 11.5. The van der Waals surface area contributed by atoms with Crippen molar-refractivity contribution in [2.75, 3.05) is 6.61 Å². The Morgan fingerprint density at radius 3 is 2.42 bits per heavy atom. The van der Waals surface area contributed by atoms with Gasteiger partial charge in [0.1, 0.15) is 5.75 Å². The molecule has 0 fully saturated rings. The number of hydrogen-bond acceptors (Lipinski definition) is 5. The van der Waals surface area contributed by atoms with Crippen LogP contribution < -0.4 is 15.3 Å². The number of nitrogens with zero attached hydrogens (tertiary/aromatic N) is 2. The molecule has 10 heteroatoms. The van der Waals surface area contributed by atoms with Gasteiger partial charge in [0.05, 0.1) is 11.1 Å². The Morgan fingerprint density at radius 1 is 1.16 bits per heavy atom. The van der Waals surface area contributed by atoms with Crippen molar-refractivity contribution < 1.29 is 17.9 Å². The Hall–Kier alpha value is -2.95. The largest absolute Gasteiger partial charge is 0.484 e. The molecule has 0 aliphatic heterocycles. The van der Waals surface area contributed by atoms with Crippen LogP contribution in [0.1, 0.15) is 17.0 Å². The monoisotopic (exact) mass is 504 g/mol. The lowest BCUT2D eigenvalue weighted by Gasteiger charge is -2.10. The van der Waals surface area contributed by atoms with Gasteiger partial charge in [-0.25, -0.2) is 19.0 Å². The van der Waals surface area contributed by atoms with Gasteiger partial charge in [-0.1, -0.05) is 15.9 Å². The summed E-state index contributed by atoms with van der Waals surface area (Å²) in [4.78, 5) is 12.0. The number of benzene rings is 2. The number of hydrazone groups is 1. The molecule has 1 heterocycles. The van der Waals surface area contributed by atoms with E-state index in [1.165, 1.54) is 12.1 Å². The van der Waals surface area contributed by atoms with Gasteiger partial charge in [-0.3, -0.25) is 4.79 Å². The average Bonchev–Trinajstić information content (AvgIpc) is 3.00. The third kappa shape index (κ3) is 5.81. The molecule has 0 aliphatic rings. The van der Waals surface area contributed by atoms with Gasteiger partial charge < -0.3 is 9.30 Å². The predicted molar refractivity (Wildman–Crippen MR) is 122 cm³/mol. The van der Waals surface area contributed by atoms with E-state index < -0.39 is 10.0 Å². The Bertz CT molecular complexity index is 1220. The number of amides is 1. The number of primary sulfonamides is 1. The first kappa shape index (κ1) is 22.7. The van der Waals surface area contributed by atoms with Crippen LogP contribution in [0.15, 0.2) is 69.1 Å². The Labute approximate surface area is 188 Å². The van der Waals surface area contributed by atoms with E-state index in [4.69, 9.17) is 9.88 Å². The molecule has 3 rings (SSSR count). The van der Waals surface area contributed by atoms with Gasteiger partial charge in [-0.2, -0.15) is 5.10 Å². The minimum Gasteiger partial charge on any atom is -0.484 e. The number of ether oxygens (including phenoxy) is 1. The molecule has 0 bridgehead atoms. The maximum Gasteiger partial charge on any atom is 0.277 e.